The number of nitrogens with one attached hydrogen (secondary N) is 1. The number of hydrogen-bond acceptors (Lipinski definition) is 3. The summed E-state index contributed by atoms with van der Waals surface area (Å²) in [6.07, 6.45) is -3.99. The number of carbonyl (C=O) groups excluding carboxylic acids is 2. The van der Waals surface area contributed by atoms with E-state index >= 15 is 0 Å². The van der Waals surface area contributed by atoms with Gasteiger partial charge in [0.05, 0.1) is 5.56 Å². The number of anilines is 1. The predicted octanol–water partition coefficient (Wildman–Crippen LogP) is 1.84. The highest BCUT2D eigenvalue weighted by molar-refractivity contribution is 5.97. The Bertz CT molecular complexity index is 601. The number of likely N-dealkylation sites (tertiary alicyclic amines) is 1. The Kier molecular flexibility index (Phi) is 4.41. The van der Waals surface area contributed by atoms with Crippen LogP contribution in [0.4, 0.5) is 18.9 Å². The monoisotopic (exact) mass is 315 g/mol. The van der Waals surface area contributed by atoms with E-state index in [9.17, 15) is 22.8 Å². The Morgan fingerprint density at radius 1 is 1.32 bits per heavy atom. The summed E-state index contributed by atoms with van der Waals surface area (Å²) in [5.41, 5.74) is 4.55. The van der Waals surface area contributed by atoms with Gasteiger partial charge in [0.2, 0.25) is 5.91 Å². The van der Waals surface area contributed by atoms with Gasteiger partial charge in [0.25, 0.3) is 5.91 Å². The van der Waals surface area contributed by atoms with Gasteiger partial charge in [-0.1, -0.05) is 0 Å². The number of nitrogens with two attached hydrogens (primary N) is 1. The second-order valence-electron chi connectivity index (χ2n) is 5.28. The van der Waals surface area contributed by atoms with Crippen molar-refractivity contribution in [3.63, 3.8) is 0 Å². The molecule has 1 aromatic carbocycles. The summed E-state index contributed by atoms with van der Waals surface area (Å²) in [4.78, 5) is 24.8. The number of nitrogens with zero attached hydrogens (tertiary/aromatic N) is 1. The van der Waals surface area contributed by atoms with Crippen molar-refractivity contribution in [2.45, 2.75) is 25.6 Å². The van der Waals surface area contributed by atoms with Crippen molar-refractivity contribution < 1.29 is 22.8 Å². The number of rotatable bonds is 2. The molecule has 1 aliphatic heterocycles. The number of carbonyl (C=O) groups is 2. The maximum Gasteiger partial charge on any atom is 0.416 e. The van der Waals surface area contributed by atoms with Gasteiger partial charge in [0.15, 0.2) is 0 Å². The Morgan fingerprint density at radius 2 is 2.00 bits per heavy atom. The molecule has 120 valence electrons. The number of hydrogen-bond donors (Lipinski definition) is 2. The van der Waals surface area contributed by atoms with E-state index in [1.807, 2.05) is 0 Å². The fraction of sp³-hybridized carbons (Fsp3) is 0.429. The van der Waals surface area contributed by atoms with E-state index in [1.54, 1.807) is 0 Å². The Labute approximate surface area is 125 Å². The summed E-state index contributed by atoms with van der Waals surface area (Å²) in [6, 6.07) is 2.67. The van der Waals surface area contributed by atoms with Crippen LogP contribution >= 0.6 is 0 Å². The van der Waals surface area contributed by atoms with Gasteiger partial charge in [-0.3, -0.25) is 9.59 Å². The maximum absolute atomic E-state index is 12.9. The van der Waals surface area contributed by atoms with Crippen molar-refractivity contribution in [2.24, 2.45) is 5.73 Å². The Balaban J connectivity index is 2.37. The third-order valence-corrected chi connectivity index (χ3v) is 3.34. The third kappa shape index (κ3) is 3.76. The zero-order chi connectivity index (χ0) is 16.5. The van der Waals surface area contributed by atoms with Gasteiger partial charge in [-0.05, 0) is 24.6 Å². The van der Waals surface area contributed by atoms with E-state index < -0.39 is 23.6 Å². The molecule has 2 rings (SSSR count). The Hall–Kier alpha value is -2.09. The smallest absolute Gasteiger partial charge is 0.337 e. The molecule has 0 aromatic heterocycles. The molecule has 1 heterocycles. The van der Waals surface area contributed by atoms with Crippen molar-refractivity contribution in [1.29, 1.82) is 0 Å². The van der Waals surface area contributed by atoms with Crippen LogP contribution in [0.3, 0.4) is 0 Å². The SMILES string of the molecule is CC(=O)Nc1cc(C(=O)N2CC[C@@H](N)C2)cc(C(F)(F)F)c1. The number of alkyl halides is 3. The number of benzene rings is 1. The van der Waals surface area contributed by atoms with Crippen molar-refractivity contribution in [3.05, 3.63) is 29.3 Å². The first kappa shape index (κ1) is 16.3. The summed E-state index contributed by atoms with van der Waals surface area (Å²) < 4.78 is 38.8. The van der Waals surface area contributed by atoms with Crippen molar-refractivity contribution >= 4 is 17.5 Å². The van der Waals surface area contributed by atoms with E-state index in [-0.39, 0.29) is 17.3 Å². The molecular formula is C14H16F3N3O2. The van der Waals surface area contributed by atoms with E-state index in [4.69, 9.17) is 5.73 Å². The number of amides is 2. The van der Waals surface area contributed by atoms with Crippen LogP contribution in [0.15, 0.2) is 18.2 Å². The van der Waals surface area contributed by atoms with Crippen molar-refractivity contribution in [2.75, 3.05) is 18.4 Å². The molecule has 1 fully saturated rings. The van der Waals surface area contributed by atoms with Gasteiger partial charge < -0.3 is 16.0 Å². The minimum atomic E-state index is -4.61. The van der Waals surface area contributed by atoms with Crippen molar-refractivity contribution in [3.8, 4) is 0 Å². The second kappa shape index (κ2) is 5.96. The van der Waals surface area contributed by atoms with Crippen LogP contribution in [0.2, 0.25) is 0 Å². The first-order chi connectivity index (χ1) is 10.2. The molecule has 5 nitrogen and oxygen atoms in total. The summed E-state index contributed by atoms with van der Waals surface area (Å²) in [5.74, 6) is -1.04. The lowest BCUT2D eigenvalue weighted by Gasteiger charge is -2.18. The van der Waals surface area contributed by atoms with E-state index in [2.05, 4.69) is 5.32 Å². The first-order valence-corrected chi connectivity index (χ1v) is 6.71. The van der Waals surface area contributed by atoms with Gasteiger partial charge >= 0.3 is 6.18 Å². The molecule has 0 aliphatic carbocycles. The summed E-state index contributed by atoms with van der Waals surface area (Å²) >= 11 is 0. The third-order valence-electron chi connectivity index (χ3n) is 3.34. The zero-order valence-electron chi connectivity index (χ0n) is 11.9. The lowest BCUT2D eigenvalue weighted by molar-refractivity contribution is -0.137. The average molecular weight is 315 g/mol. The van der Waals surface area contributed by atoms with Gasteiger partial charge in [-0.25, -0.2) is 0 Å². The van der Waals surface area contributed by atoms with E-state index in [0.717, 1.165) is 12.1 Å². The molecule has 0 saturated carbocycles. The fourth-order valence-electron chi connectivity index (χ4n) is 2.34. The highest BCUT2D eigenvalue weighted by Crippen LogP contribution is 2.32. The highest BCUT2D eigenvalue weighted by Gasteiger charge is 2.33. The maximum atomic E-state index is 12.9. The minimum Gasteiger partial charge on any atom is -0.337 e. The van der Waals surface area contributed by atoms with Crippen LogP contribution in [0.1, 0.15) is 29.3 Å². The van der Waals surface area contributed by atoms with Crippen LogP contribution in [-0.4, -0.2) is 35.8 Å². The van der Waals surface area contributed by atoms with Gasteiger partial charge in [-0.2, -0.15) is 13.2 Å². The first-order valence-electron chi connectivity index (χ1n) is 6.71. The quantitative estimate of drug-likeness (QED) is 0.874. The normalized spacial score (nSPS) is 18.4. The van der Waals surface area contributed by atoms with Gasteiger partial charge in [0, 0.05) is 37.3 Å². The molecule has 2 amide bonds. The molecular weight excluding hydrogens is 299 g/mol. The zero-order valence-corrected chi connectivity index (χ0v) is 11.9. The minimum absolute atomic E-state index is 0.0610. The largest absolute Gasteiger partial charge is 0.416 e. The van der Waals surface area contributed by atoms with Crippen LogP contribution < -0.4 is 11.1 Å². The standard InChI is InChI=1S/C14H16F3N3O2/c1-8(21)19-12-5-9(4-10(6-12)14(15,16)17)13(22)20-3-2-11(18)7-20/h4-6,11H,2-3,7,18H2,1H3,(H,19,21)/t11-/m1/s1. The topological polar surface area (TPSA) is 75.4 Å². The molecule has 0 spiro atoms. The second-order valence-corrected chi connectivity index (χ2v) is 5.28. The average Bonchev–Trinajstić information content (AvgIpc) is 2.82. The molecule has 0 radical (unpaired) electrons. The van der Waals surface area contributed by atoms with Gasteiger partial charge in [0.1, 0.15) is 0 Å². The van der Waals surface area contributed by atoms with Crippen LogP contribution in [0, 0.1) is 0 Å². The summed E-state index contributed by atoms with van der Waals surface area (Å²) in [5, 5.41) is 2.28. The highest BCUT2D eigenvalue weighted by atomic mass is 19.4. The van der Waals surface area contributed by atoms with E-state index in [0.29, 0.717) is 19.5 Å². The van der Waals surface area contributed by atoms with Crippen LogP contribution in [0.5, 0.6) is 0 Å². The molecule has 3 N–H and O–H groups in total. The molecule has 8 heteroatoms. The van der Waals surface area contributed by atoms with E-state index in [1.165, 1.54) is 17.9 Å². The lowest BCUT2D eigenvalue weighted by Crippen LogP contribution is -2.32. The predicted molar refractivity (Wildman–Crippen MR) is 74.2 cm³/mol. The lowest BCUT2D eigenvalue weighted by atomic mass is 10.1. The fourth-order valence-corrected chi connectivity index (χ4v) is 2.34. The molecule has 1 aliphatic rings. The Morgan fingerprint density at radius 3 is 2.50 bits per heavy atom. The summed E-state index contributed by atoms with van der Waals surface area (Å²) in [7, 11) is 0. The van der Waals surface area contributed by atoms with Crippen LogP contribution in [-0.2, 0) is 11.0 Å². The molecule has 0 bridgehead atoms. The molecule has 22 heavy (non-hydrogen) atoms. The number of halogens is 3. The van der Waals surface area contributed by atoms with Crippen molar-refractivity contribution in [1.82, 2.24) is 4.90 Å². The summed E-state index contributed by atoms with van der Waals surface area (Å²) in [6.45, 7) is 1.90. The molecule has 0 unspecified atom stereocenters. The molecule has 1 aromatic rings. The molecule has 1 saturated heterocycles. The van der Waals surface area contributed by atoms with Crippen LogP contribution in [0.25, 0.3) is 0 Å². The molecule has 1 atom stereocenters. The van der Waals surface area contributed by atoms with Gasteiger partial charge in [-0.15, -0.1) is 0 Å².